The van der Waals surface area contributed by atoms with E-state index in [1.54, 1.807) is 4.90 Å². The van der Waals surface area contributed by atoms with Crippen molar-refractivity contribution in [2.45, 2.75) is 58.1 Å². The van der Waals surface area contributed by atoms with Crippen molar-refractivity contribution in [1.82, 2.24) is 4.90 Å². The van der Waals surface area contributed by atoms with Crippen LogP contribution in [0, 0.1) is 5.92 Å². The standard InChI is InChI=1S/C15H27NO3/c1-15(2,3)19-14(18)16(4)13-9-7-12(8-10-13)6-5-11-17/h5-6,12-13,17H,7-11H2,1-4H3/b6-5+. The molecule has 0 aromatic heterocycles. The van der Waals surface area contributed by atoms with Crippen LogP contribution in [0.2, 0.25) is 0 Å². The number of aliphatic hydroxyl groups excluding tert-OH is 1. The van der Waals surface area contributed by atoms with Crippen molar-refractivity contribution in [3.05, 3.63) is 12.2 Å². The van der Waals surface area contributed by atoms with Gasteiger partial charge in [0.15, 0.2) is 0 Å². The molecule has 0 unspecified atom stereocenters. The molecule has 4 heteroatoms. The van der Waals surface area contributed by atoms with Gasteiger partial charge in [-0.1, -0.05) is 12.2 Å². The van der Waals surface area contributed by atoms with Crippen LogP contribution in [0.3, 0.4) is 0 Å². The summed E-state index contributed by atoms with van der Waals surface area (Å²) in [4.78, 5) is 13.7. The highest BCUT2D eigenvalue weighted by Gasteiger charge is 2.28. The maximum Gasteiger partial charge on any atom is 0.410 e. The second-order valence-corrected chi connectivity index (χ2v) is 6.27. The number of nitrogens with zero attached hydrogens (tertiary/aromatic N) is 1. The zero-order valence-corrected chi connectivity index (χ0v) is 12.6. The fourth-order valence-corrected chi connectivity index (χ4v) is 2.42. The number of allylic oxidation sites excluding steroid dienone is 1. The number of rotatable bonds is 3. The first-order chi connectivity index (χ1) is 8.83. The molecule has 0 aliphatic heterocycles. The SMILES string of the molecule is CN(C(=O)OC(C)(C)C)C1CCC(/C=C/CO)CC1. The fraction of sp³-hybridized carbons (Fsp3) is 0.800. The van der Waals surface area contributed by atoms with E-state index >= 15 is 0 Å². The maximum atomic E-state index is 12.0. The lowest BCUT2D eigenvalue weighted by atomic mass is 9.85. The van der Waals surface area contributed by atoms with E-state index in [4.69, 9.17) is 9.84 Å². The van der Waals surface area contributed by atoms with E-state index in [-0.39, 0.29) is 18.7 Å². The normalized spacial score (nSPS) is 24.5. The summed E-state index contributed by atoms with van der Waals surface area (Å²) in [6.07, 6.45) is 7.78. The largest absolute Gasteiger partial charge is 0.444 e. The Hall–Kier alpha value is -1.03. The summed E-state index contributed by atoms with van der Waals surface area (Å²) in [5.74, 6) is 0.537. The van der Waals surface area contributed by atoms with E-state index in [0.29, 0.717) is 5.92 Å². The van der Waals surface area contributed by atoms with Gasteiger partial charge in [0.05, 0.1) is 6.61 Å². The summed E-state index contributed by atoms with van der Waals surface area (Å²) in [7, 11) is 1.82. The number of hydrogen-bond donors (Lipinski definition) is 1. The van der Waals surface area contributed by atoms with Crippen LogP contribution >= 0.6 is 0 Å². The molecule has 4 nitrogen and oxygen atoms in total. The highest BCUT2D eigenvalue weighted by Crippen LogP contribution is 2.28. The number of ether oxygens (including phenoxy) is 1. The van der Waals surface area contributed by atoms with Gasteiger partial charge in [0.2, 0.25) is 0 Å². The van der Waals surface area contributed by atoms with Crippen molar-refractivity contribution in [2.24, 2.45) is 5.92 Å². The third-order valence-corrected chi connectivity index (χ3v) is 3.48. The molecular formula is C15H27NO3. The van der Waals surface area contributed by atoms with Crippen LogP contribution < -0.4 is 0 Å². The molecular weight excluding hydrogens is 242 g/mol. The summed E-state index contributed by atoms with van der Waals surface area (Å²) in [6.45, 7) is 5.76. The predicted molar refractivity (Wildman–Crippen MR) is 76.0 cm³/mol. The number of aliphatic hydroxyl groups is 1. The molecule has 1 aliphatic carbocycles. The van der Waals surface area contributed by atoms with Crippen molar-refractivity contribution in [1.29, 1.82) is 0 Å². The molecule has 1 aliphatic rings. The minimum Gasteiger partial charge on any atom is -0.444 e. The topological polar surface area (TPSA) is 49.8 Å². The lowest BCUT2D eigenvalue weighted by molar-refractivity contribution is 0.0179. The van der Waals surface area contributed by atoms with Crippen LogP contribution in [-0.4, -0.2) is 41.4 Å². The molecule has 0 bridgehead atoms. The van der Waals surface area contributed by atoms with Crippen LogP contribution in [0.1, 0.15) is 46.5 Å². The molecule has 1 rings (SSSR count). The molecule has 19 heavy (non-hydrogen) atoms. The van der Waals surface area contributed by atoms with Gasteiger partial charge in [-0.05, 0) is 52.4 Å². The van der Waals surface area contributed by atoms with Crippen LogP contribution in [0.15, 0.2) is 12.2 Å². The lowest BCUT2D eigenvalue weighted by Crippen LogP contribution is -2.42. The van der Waals surface area contributed by atoms with E-state index in [1.807, 2.05) is 33.9 Å². The Labute approximate surface area is 116 Å². The van der Waals surface area contributed by atoms with Crippen LogP contribution in [0.25, 0.3) is 0 Å². The van der Waals surface area contributed by atoms with Crippen LogP contribution in [0.4, 0.5) is 4.79 Å². The van der Waals surface area contributed by atoms with E-state index in [0.717, 1.165) is 25.7 Å². The average molecular weight is 269 g/mol. The smallest absolute Gasteiger partial charge is 0.410 e. The molecule has 0 saturated heterocycles. The molecule has 0 heterocycles. The van der Waals surface area contributed by atoms with E-state index in [1.165, 1.54) is 0 Å². The second-order valence-electron chi connectivity index (χ2n) is 6.27. The van der Waals surface area contributed by atoms with Crippen molar-refractivity contribution < 1.29 is 14.6 Å². The van der Waals surface area contributed by atoms with Gasteiger partial charge < -0.3 is 14.7 Å². The molecule has 1 amide bonds. The molecule has 0 atom stereocenters. The number of hydrogen-bond acceptors (Lipinski definition) is 3. The van der Waals surface area contributed by atoms with Gasteiger partial charge in [0.1, 0.15) is 5.60 Å². The average Bonchev–Trinajstić information content (AvgIpc) is 2.34. The summed E-state index contributed by atoms with van der Waals surface area (Å²) in [5, 5.41) is 8.76. The van der Waals surface area contributed by atoms with Gasteiger partial charge in [-0.25, -0.2) is 4.79 Å². The zero-order chi connectivity index (χ0) is 14.5. The van der Waals surface area contributed by atoms with E-state index in [2.05, 4.69) is 6.08 Å². The van der Waals surface area contributed by atoms with Gasteiger partial charge in [0, 0.05) is 13.1 Å². The molecule has 1 fully saturated rings. The Bertz CT molecular complexity index is 312. The Morgan fingerprint density at radius 3 is 2.37 bits per heavy atom. The zero-order valence-electron chi connectivity index (χ0n) is 12.6. The van der Waals surface area contributed by atoms with Crippen LogP contribution in [-0.2, 0) is 4.74 Å². The molecule has 1 saturated carbocycles. The third-order valence-electron chi connectivity index (χ3n) is 3.48. The van der Waals surface area contributed by atoms with Gasteiger partial charge in [-0.2, -0.15) is 0 Å². The highest BCUT2D eigenvalue weighted by atomic mass is 16.6. The molecule has 0 aromatic carbocycles. The molecule has 0 spiro atoms. The minimum atomic E-state index is -0.438. The van der Waals surface area contributed by atoms with Gasteiger partial charge in [-0.15, -0.1) is 0 Å². The molecule has 110 valence electrons. The summed E-state index contributed by atoms with van der Waals surface area (Å²) in [5.41, 5.74) is -0.438. The minimum absolute atomic E-state index is 0.109. The lowest BCUT2D eigenvalue weighted by Gasteiger charge is -2.34. The maximum absolute atomic E-state index is 12.0. The van der Waals surface area contributed by atoms with Gasteiger partial charge in [0.25, 0.3) is 0 Å². The molecule has 1 N–H and O–H groups in total. The second kappa shape index (κ2) is 6.94. The van der Waals surface area contributed by atoms with Crippen molar-refractivity contribution in [2.75, 3.05) is 13.7 Å². The summed E-state index contributed by atoms with van der Waals surface area (Å²) >= 11 is 0. The number of amides is 1. The molecule has 0 radical (unpaired) electrons. The number of carbonyl (C=O) groups is 1. The van der Waals surface area contributed by atoms with Crippen molar-refractivity contribution in [3.63, 3.8) is 0 Å². The van der Waals surface area contributed by atoms with Gasteiger partial charge >= 0.3 is 6.09 Å². The first-order valence-electron chi connectivity index (χ1n) is 7.07. The first kappa shape index (κ1) is 16.0. The Morgan fingerprint density at radius 2 is 1.89 bits per heavy atom. The Kier molecular flexibility index (Phi) is 5.85. The first-order valence-corrected chi connectivity index (χ1v) is 7.07. The van der Waals surface area contributed by atoms with E-state index < -0.39 is 5.60 Å². The van der Waals surface area contributed by atoms with Crippen molar-refractivity contribution >= 4 is 6.09 Å². The van der Waals surface area contributed by atoms with Crippen LogP contribution in [0.5, 0.6) is 0 Å². The third kappa shape index (κ3) is 5.64. The Balaban J connectivity index is 2.42. The Morgan fingerprint density at radius 1 is 1.32 bits per heavy atom. The van der Waals surface area contributed by atoms with E-state index in [9.17, 15) is 4.79 Å². The summed E-state index contributed by atoms with van der Waals surface area (Å²) in [6, 6.07) is 0.272. The summed E-state index contributed by atoms with van der Waals surface area (Å²) < 4.78 is 5.38. The number of carbonyl (C=O) groups excluding carboxylic acids is 1. The fourth-order valence-electron chi connectivity index (χ4n) is 2.42. The molecule has 0 aromatic rings. The highest BCUT2D eigenvalue weighted by molar-refractivity contribution is 5.68. The van der Waals surface area contributed by atoms with Crippen molar-refractivity contribution in [3.8, 4) is 0 Å². The monoisotopic (exact) mass is 269 g/mol. The predicted octanol–water partition coefficient (Wildman–Crippen LogP) is 2.96. The quantitative estimate of drug-likeness (QED) is 0.801. The van der Waals surface area contributed by atoms with Gasteiger partial charge in [-0.3, -0.25) is 0 Å².